The highest BCUT2D eigenvalue weighted by molar-refractivity contribution is 5.80. The first-order valence-corrected chi connectivity index (χ1v) is 8.78. The third kappa shape index (κ3) is 4.69. The Balaban J connectivity index is 2.12. The van der Waals surface area contributed by atoms with Gasteiger partial charge in [-0.3, -0.25) is 4.99 Å². The second-order valence-corrected chi connectivity index (χ2v) is 7.01. The molecular formula is C19H30FN3O. The van der Waals surface area contributed by atoms with Crippen molar-refractivity contribution in [1.29, 1.82) is 0 Å². The number of rotatable bonds is 5. The molecule has 0 spiro atoms. The van der Waals surface area contributed by atoms with Gasteiger partial charge in [0.1, 0.15) is 5.82 Å². The summed E-state index contributed by atoms with van der Waals surface area (Å²) in [5.74, 6) is 1.12. The van der Waals surface area contributed by atoms with Crippen LogP contribution in [0.3, 0.4) is 0 Å². The molecule has 1 aromatic carbocycles. The highest BCUT2D eigenvalue weighted by atomic mass is 19.1. The molecule has 1 aliphatic rings. The summed E-state index contributed by atoms with van der Waals surface area (Å²) in [6.45, 7) is 8.62. The Morgan fingerprint density at radius 1 is 1.29 bits per heavy atom. The van der Waals surface area contributed by atoms with Crippen molar-refractivity contribution in [3.8, 4) is 0 Å². The van der Waals surface area contributed by atoms with Crippen LogP contribution in [-0.4, -0.2) is 38.8 Å². The lowest BCUT2D eigenvalue weighted by Crippen LogP contribution is -2.50. The molecule has 4 nitrogen and oxygen atoms in total. The number of halogens is 1. The van der Waals surface area contributed by atoms with Crippen molar-refractivity contribution < 1.29 is 9.13 Å². The van der Waals surface area contributed by atoms with Gasteiger partial charge in [0.25, 0.3) is 0 Å². The minimum atomic E-state index is -0.186. The molecule has 0 saturated carbocycles. The maximum absolute atomic E-state index is 13.7. The number of hydrogen-bond donors (Lipinski definition) is 2. The van der Waals surface area contributed by atoms with Gasteiger partial charge in [0.2, 0.25) is 0 Å². The van der Waals surface area contributed by atoms with Crippen LogP contribution in [0.1, 0.15) is 39.2 Å². The van der Waals surface area contributed by atoms with Crippen LogP contribution < -0.4 is 10.6 Å². The third-order valence-corrected chi connectivity index (χ3v) is 5.07. The van der Waals surface area contributed by atoms with E-state index in [4.69, 9.17) is 4.74 Å². The monoisotopic (exact) mass is 335 g/mol. The fourth-order valence-electron chi connectivity index (χ4n) is 2.98. The van der Waals surface area contributed by atoms with Gasteiger partial charge >= 0.3 is 0 Å². The normalized spacial score (nSPS) is 19.2. The molecule has 5 heteroatoms. The molecule has 0 bridgehead atoms. The van der Waals surface area contributed by atoms with Crippen LogP contribution in [0.5, 0.6) is 0 Å². The number of guanidine groups is 1. The largest absolute Gasteiger partial charge is 0.381 e. The SMILES string of the molecule is CN=C(NCC1(c2cccc(F)c2)CCOCC1)NC(C)C(C)C. The fraction of sp³-hybridized carbons (Fsp3) is 0.632. The van der Waals surface area contributed by atoms with Gasteiger partial charge in [-0.2, -0.15) is 0 Å². The summed E-state index contributed by atoms with van der Waals surface area (Å²) in [7, 11) is 1.78. The molecule has 1 heterocycles. The molecule has 24 heavy (non-hydrogen) atoms. The van der Waals surface area contributed by atoms with Crippen molar-refractivity contribution >= 4 is 5.96 Å². The molecule has 1 unspecified atom stereocenters. The molecule has 1 fully saturated rings. The minimum Gasteiger partial charge on any atom is -0.381 e. The van der Waals surface area contributed by atoms with E-state index in [9.17, 15) is 4.39 Å². The fourth-order valence-corrected chi connectivity index (χ4v) is 2.98. The van der Waals surface area contributed by atoms with Crippen molar-refractivity contribution in [3.63, 3.8) is 0 Å². The zero-order valence-electron chi connectivity index (χ0n) is 15.2. The maximum atomic E-state index is 13.7. The smallest absolute Gasteiger partial charge is 0.191 e. The Labute approximate surface area is 144 Å². The van der Waals surface area contributed by atoms with Gasteiger partial charge in [0.15, 0.2) is 5.96 Å². The first-order valence-electron chi connectivity index (χ1n) is 8.78. The topological polar surface area (TPSA) is 45.7 Å². The summed E-state index contributed by atoms with van der Waals surface area (Å²) in [6.07, 6.45) is 1.75. The number of ether oxygens (including phenoxy) is 1. The van der Waals surface area contributed by atoms with E-state index in [-0.39, 0.29) is 11.2 Å². The second kappa shape index (κ2) is 8.47. The number of nitrogens with one attached hydrogen (secondary N) is 2. The number of aliphatic imine (C=N–C) groups is 1. The summed E-state index contributed by atoms with van der Waals surface area (Å²) in [5.41, 5.74) is 0.907. The van der Waals surface area contributed by atoms with Crippen LogP contribution in [0, 0.1) is 11.7 Å². The Morgan fingerprint density at radius 3 is 2.58 bits per heavy atom. The summed E-state index contributed by atoms with van der Waals surface area (Å²) < 4.78 is 19.3. The van der Waals surface area contributed by atoms with E-state index < -0.39 is 0 Å². The average molecular weight is 335 g/mol. The van der Waals surface area contributed by atoms with Crippen LogP contribution in [0.15, 0.2) is 29.3 Å². The Morgan fingerprint density at radius 2 is 2.00 bits per heavy atom. The summed E-state index contributed by atoms with van der Waals surface area (Å²) in [5, 5.41) is 6.86. The molecule has 1 aliphatic heterocycles. The van der Waals surface area contributed by atoms with Gasteiger partial charge in [-0.05, 0) is 43.4 Å². The van der Waals surface area contributed by atoms with Crippen LogP contribution in [0.2, 0.25) is 0 Å². The van der Waals surface area contributed by atoms with Crippen molar-refractivity contribution in [2.24, 2.45) is 10.9 Å². The molecule has 0 aliphatic carbocycles. The molecule has 2 rings (SSSR count). The number of hydrogen-bond acceptors (Lipinski definition) is 2. The third-order valence-electron chi connectivity index (χ3n) is 5.07. The molecule has 0 radical (unpaired) electrons. The number of benzene rings is 1. The molecule has 1 saturated heterocycles. The van der Waals surface area contributed by atoms with Crippen molar-refractivity contribution in [2.45, 2.75) is 45.1 Å². The van der Waals surface area contributed by atoms with E-state index >= 15 is 0 Å². The minimum absolute atomic E-state index is 0.126. The van der Waals surface area contributed by atoms with E-state index in [1.54, 1.807) is 19.2 Å². The highest BCUT2D eigenvalue weighted by Crippen LogP contribution is 2.34. The zero-order valence-corrected chi connectivity index (χ0v) is 15.2. The Bertz CT molecular complexity index is 553. The van der Waals surface area contributed by atoms with E-state index in [0.29, 0.717) is 31.7 Å². The first-order chi connectivity index (χ1) is 11.5. The van der Waals surface area contributed by atoms with Crippen molar-refractivity contribution in [2.75, 3.05) is 26.8 Å². The number of nitrogens with zero attached hydrogens (tertiary/aromatic N) is 1. The van der Waals surface area contributed by atoms with Crippen LogP contribution >= 0.6 is 0 Å². The van der Waals surface area contributed by atoms with Crippen LogP contribution in [0.25, 0.3) is 0 Å². The summed E-state index contributed by atoms with van der Waals surface area (Å²) >= 11 is 0. The van der Waals surface area contributed by atoms with Crippen molar-refractivity contribution in [1.82, 2.24) is 10.6 Å². The van der Waals surface area contributed by atoms with Gasteiger partial charge < -0.3 is 15.4 Å². The van der Waals surface area contributed by atoms with Gasteiger partial charge in [-0.25, -0.2) is 4.39 Å². The van der Waals surface area contributed by atoms with Crippen LogP contribution in [0.4, 0.5) is 4.39 Å². The molecule has 0 amide bonds. The summed E-state index contributed by atoms with van der Waals surface area (Å²) in [6, 6.07) is 7.28. The average Bonchev–Trinajstić information content (AvgIpc) is 2.59. The molecule has 134 valence electrons. The van der Waals surface area contributed by atoms with E-state index in [0.717, 1.165) is 24.4 Å². The highest BCUT2D eigenvalue weighted by Gasteiger charge is 2.35. The van der Waals surface area contributed by atoms with Crippen molar-refractivity contribution in [3.05, 3.63) is 35.6 Å². The van der Waals surface area contributed by atoms with Gasteiger partial charge in [-0.1, -0.05) is 26.0 Å². The lowest BCUT2D eigenvalue weighted by Gasteiger charge is -2.38. The standard InChI is InChI=1S/C19H30FN3O/c1-14(2)15(3)23-18(21-4)22-13-19(8-10-24-11-9-19)16-6-5-7-17(20)12-16/h5-7,12,14-15H,8-11,13H2,1-4H3,(H2,21,22,23). The van der Waals surface area contributed by atoms with Gasteiger partial charge in [0.05, 0.1) is 0 Å². The predicted molar refractivity (Wildman–Crippen MR) is 96.9 cm³/mol. The molecule has 0 aromatic heterocycles. The lowest BCUT2D eigenvalue weighted by molar-refractivity contribution is 0.0512. The Hall–Kier alpha value is -1.62. The van der Waals surface area contributed by atoms with E-state index in [1.807, 2.05) is 6.07 Å². The van der Waals surface area contributed by atoms with E-state index in [1.165, 1.54) is 6.07 Å². The predicted octanol–water partition coefficient (Wildman–Crippen LogP) is 3.08. The Kier molecular flexibility index (Phi) is 6.60. The zero-order chi connectivity index (χ0) is 17.6. The maximum Gasteiger partial charge on any atom is 0.191 e. The summed E-state index contributed by atoms with van der Waals surface area (Å²) in [4.78, 5) is 4.33. The molecule has 1 atom stereocenters. The second-order valence-electron chi connectivity index (χ2n) is 7.01. The molecular weight excluding hydrogens is 305 g/mol. The first kappa shape index (κ1) is 18.7. The quantitative estimate of drug-likeness (QED) is 0.642. The molecule has 1 aromatic rings. The lowest BCUT2D eigenvalue weighted by atomic mass is 9.74. The van der Waals surface area contributed by atoms with Gasteiger partial charge in [-0.15, -0.1) is 0 Å². The molecule has 2 N–H and O–H groups in total. The van der Waals surface area contributed by atoms with Gasteiger partial charge in [0, 0.05) is 38.3 Å². The van der Waals surface area contributed by atoms with E-state index in [2.05, 4.69) is 36.4 Å². The van der Waals surface area contributed by atoms with Crippen LogP contribution in [-0.2, 0) is 10.2 Å².